The molecule has 0 saturated heterocycles. The first kappa shape index (κ1) is 37.5. The molecule has 2 aromatic rings. The van der Waals surface area contributed by atoms with Crippen molar-refractivity contribution in [2.45, 2.75) is 97.4 Å². The summed E-state index contributed by atoms with van der Waals surface area (Å²) in [5.74, 6) is -1.13. The van der Waals surface area contributed by atoms with Gasteiger partial charge in [0, 0.05) is 6.54 Å². The smallest absolute Gasteiger partial charge is 0.437 e. The number of amides is 3. The molecule has 0 aromatic heterocycles. The number of carbonyl (C=O) groups is 4. The van der Waals surface area contributed by atoms with Crippen molar-refractivity contribution >= 4 is 30.2 Å². The molecular formula is C33H46N4O9. The van der Waals surface area contributed by atoms with E-state index in [0.29, 0.717) is 0 Å². The molecule has 46 heavy (non-hydrogen) atoms. The molecule has 4 N–H and O–H groups in total. The van der Waals surface area contributed by atoms with E-state index in [-0.39, 0.29) is 32.6 Å². The van der Waals surface area contributed by atoms with Crippen LogP contribution in [-0.4, -0.2) is 70.1 Å². The van der Waals surface area contributed by atoms with E-state index < -0.39 is 60.0 Å². The summed E-state index contributed by atoms with van der Waals surface area (Å²) in [6.45, 7) is 9.90. The highest BCUT2D eigenvalue weighted by Crippen LogP contribution is 2.15. The van der Waals surface area contributed by atoms with Gasteiger partial charge in [0.15, 0.2) is 0 Å². The van der Waals surface area contributed by atoms with Gasteiger partial charge < -0.3 is 35.1 Å². The van der Waals surface area contributed by atoms with Gasteiger partial charge >= 0.3 is 24.2 Å². The third kappa shape index (κ3) is 15.4. The molecular weight excluding hydrogens is 596 g/mol. The summed E-state index contributed by atoms with van der Waals surface area (Å²) in [6.07, 6.45) is -4.26. The summed E-state index contributed by atoms with van der Waals surface area (Å²) in [5.41, 5.74) is 5.95. The van der Waals surface area contributed by atoms with Crippen molar-refractivity contribution < 1.29 is 43.2 Å². The molecule has 0 spiro atoms. The number of ether oxygens (including phenoxy) is 4. The Kier molecular flexibility index (Phi) is 14.5. The molecule has 0 aliphatic heterocycles. The quantitative estimate of drug-likeness (QED) is 0.123. The maximum Gasteiger partial charge on any atom is 0.437 e. The third-order valence-electron chi connectivity index (χ3n) is 5.97. The van der Waals surface area contributed by atoms with Crippen molar-refractivity contribution in [3.8, 4) is 0 Å². The number of rotatable bonds is 12. The van der Waals surface area contributed by atoms with Crippen LogP contribution in [0.5, 0.6) is 0 Å². The molecule has 3 amide bonds. The number of alkyl carbamates (subject to hydrolysis) is 1. The van der Waals surface area contributed by atoms with Gasteiger partial charge in [0.1, 0.15) is 24.4 Å². The van der Waals surface area contributed by atoms with Crippen LogP contribution in [0.3, 0.4) is 0 Å². The minimum Gasteiger partial charge on any atom is -0.460 e. The van der Waals surface area contributed by atoms with E-state index >= 15 is 0 Å². The summed E-state index contributed by atoms with van der Waals surface area (Å²) >= 11 is 0. The summed E-state index contributed by atoms with van der Waals surface area (Å²) in [6, 6.07) is 16.9. The van der Waals surface area contributed by atoms with E-state index in [4.69, 9.17) is 24.7 Å². The molecule has 0 bridgehead atoms. The van der Waals surface area contributed by atoms with Gasteiger partial charge in [0.05, 0.1) is 18.6 Å². The van der Waals surface area contributed by atoms with E-state index in [0.717, 1.165) is 16.0 Å². The Labute approximate surface area is 270 Å². The number of nitrogens with two attached hydrogens (primary N) is 1. The van der Waals surface area contributed by atoms with Gasteiger partial charge in [0.25, 0.3) is 0 Å². The van der Waals surface area contributed by atoms with Crippen molar-refractivity contribution in [1.29, 1.82) is 0 Å². The number of aliphatic hydroxyl groups is 1. The SMILES string of the molecule is CC(C)(C)OC(=O)C[C@H](O)[C@H](CCCN(C(=O)OCc1ccccc1)/C(N)=N/C(=O)OCc1ccccc1)NC(=O)OC(C)(C)C. The predicted octanol–water partition coefficient (Wildman–Crippen LogP) is 5.04. The van der Waals surface area contributed by atoms with Crippen LogP contribution in [0, 0.1) is 0 Å². The molecule has 0 radical (unpaired) electrons. The van der Waals surface area contributed by atoms with E-state index in [1.165, 1.54) is 0 Å². The van der Waals surface area contributed by atoms with Crippen molar-refractivity contribution in [2.75, 3.05) is 6.54 Å². The second kappa shape index (κ2) is 17.7. The highest BCUT2D eigenvalue weighted by atomic mass is 16.6. The first-order chi connectivity index (χ1) is 21.5. The van der Waals surface area contributed by atoms with Crippen LogP contribution >= 0.6 is 0 Å². The molecule has 0 saturated carbocycles. The van der Waals surface area contributed by atoms with Crippen molar-refractivity contribution in [3.05, 3.63) is 71.8 Å². The molecule has 252 valence electrons. The Hall–Kier alpha value is -4.65. The Morgan fingerprint density at radius 2 is 1.37 bits per heavy atom. The minimum absolute atomic E-state index is 0.0531. The molecule has 0 fully saturated rings. The fourth-order valence-corrected chi connectivity index (χ4v) is 3.99. The number of benzene rings is 2. The average molecular weight is 643 g/mol. The Balaban J connectivity index is 2.17. The van der Waals surface area contributed by atoms with E-state index in [1.807, 2.05) is 12.1 Å². The monoisotopic (exact) mass is 642 g/mol. The van der Waals surface area contributed by atoms with E-state index in [1.54, 1.807) is 90.1 Å². The minimum atomic E-state index is -1.35. The highest BCUT2D eigenvalue weighted by Gasteiger charge is 2.29. The number of hydrogen-bond donors (Lipinski definition) is 3. The van der Waals surface area contributed by atoms with Crippen LogP contribution in [0.1, 0.15) is 71.9 Å². The summed E-state index contributed by atoms with van der Waals surface area (Å²) in [4.78, 5) is 55.2. The summed E-state index contributed by atoms with van der Waals surface area (Å²) < 4.78 is 21.2. The molecule has 13 heteroatoms. The number of carbonyl (C=O) groups excluding carboxylic acids is 4. The first-order valence-corrected chi connectivity index (χ1v) is 14.9. The lowest BCUT2D eigenvalue weighted by Gasteiger charge is -2.28. The van der Waals surface area contributed by atoms with Crippen LogP contribution in [0.25, 0.3) is 0 Å². The second-order valence-corrected chi connectivity index (χ2v) is 12.5. The molecule has 13 nitrogen and oxygen atoms in total. The topological polar surface area (TPSA) is 179 Å². The lowest BCUT2D eigenvalue weighted by Crippen LogP contribution is -2.47. The van der Waals surface area contributed by atoms with Crippen molar-refractivity contribution in [1.82, 2.24) is 10.2 Å². The van der Waals surface area contributed by atoms with Crippen molar-refractivity contribution in [2.24, 2.45) is 10.7 Å². The highest BCUT2D eigenvalue weighted by molar-refractivity contribution is 5.97. The Morgan fingerprint density at radius 1 is 0.848 bits per heavy atom. The number of esters is 1. The van der Waals surface area contributed by atoms with E-state index in [2.05, 4.69) is 10.3 Å². The number of nitrogens with zero attached hydrogens (tertiary/aromatic N) is 2. The van der Waals surface area contributed by atoms with E-state index in [9.17, 15) is 24.3 Å². The largest absolute Gasteiger partial charge is 0.460 e. The molecule has 2 atom stereocenters. The average Bonchev–Trinajstić information content (AvgIpc) is 2.95. The maximum atomic E-state index is 13.1. The third-order valence-corrected chi connectivity index (χ3v) is 5.97. The van der Waals surface area contributed by atoms with Crippen LogP contribution in [-0.2, 0) is 37.0 Å². The first-order valence-electron chi connectivity index (χ1n) is 14.9. The molecule has 2 rings (SSSR count). The molecule has 0 aliphatic rings. The zero-order chi connectivity index (χ0) is 34.3. The fraction of sp³-hybridized carbons (Fsp3) is 0.485. The zero-order valence-corrected chi connectivity index (χ0v) is 27.4. The van der Waals surface area contributed by atoms with Crippen LogP contribution in [0.4, 0.5) is 14.4 Å². The molecule has 2 aromatic carbocycles. The number of nitrogens with one attached hydrogen (secondary N) is 1. The number of aliphatic hydroxyl groups excluding tert-OH is 1. The van der Waals surface area contributed by atoms with Crippen LogP contribution < -0.4 is 11.1 Å². The lowest BCUT2D eigenvalue weighted by atomic mass is 10.0. The van der Waals surface area contributed by atoms with Gasteiger partial charge in [-0.05, 0) is 65.5 Å². The van der Waals surface area contributed by atoms with Gasteiger partial charge in [-0.3, -0.25) is 4.79 Å². The molecule has 0 unspecified atom stereocenters. The van der Waals surface area contributed by atoms with Gasteiger partial charge in [-0.2, -0.15) is 0 Å². The maximum absolute atomic E-state index is 13.1. The zero-order valence-electron chi connectivity index (χ0n) is 27.4. The Bertz CT molecular complexity index is 1310. The summed E-state index contributed by atoms with van der Waals surface area (Å²) in [7, 11) is 0. The predicted molar refractivity (Wildman–Crippen MR) is 170 cm³/mol. The second-order valence-electron chi connectivity index (χ2n) is 12.5. The number of aliphatic imine (C=N–C) groups is 1. The lowest BCUT2D eigenvalue weighted by molar-refractivity contribution is -0.157. The van der Waals surface area contributed by atoms with Gasteiger partial charge in [-0.25, -0.2) is 19.3 Å². The van der Waals surface area contributed by atoms with Gasteiger partial charge in [-0.15, -0.1) is 4.99 Å². The fourth-order valence-electron chi connectivity index (χ4n) is 3.99. The molecule has 0 heterocycles. The standard InChI is InChI=1S/C33H46N4O9/c1-32(2,3)45-27(39)20-26(38)25(35-30(41)46-33(4,5)6)18-13-19-37(31(42)44-22-24-16-11-8-12-17-24)28(34)36-29(40)43-21-23-14-9-7-10-15-23/h7-12,14-17,25-26,38H,13,18-22H2,1-6H3,(H,35,41)(H2,34,36,40)/t25-,26-/m0/s1. The summed E-state index contributed by atoms with van der Waals surface area (Å²) in [5, 5.41) is 13.5. The van der Waals surface area contributed by atoms with Crippen LogP contribution in [0.2, 0.25) is 0 Å². The van der Waals surface area contributed by atoms with Crippen molar-refractivity contribution in [3.63, 3.8) is 0 Å². The molecule has 0 aliphatic carbocycles. The Morgan fingerprint density at radius 3 is 1.89 bits per heavy atom. The van der Waals surface area contributed by atoms with Gasteiger partial charge in [-0.1, -0.05) is 60.7 Å². The van der Waals surface area contributed by atoms with Crippen LogP contribution in [0.15, 0.2) is 65.7 Å². The number of guanidine groups is 1. The normalized spacial score (nSPS) is 13.2. The van der Waals surface area contributed by atoms with Gasteiger partial charge in [0.2, 0.25) is 5.96 Å². The number of hydrogen-bond acceptors (Lipinski definition) is 9.